The zero-order valence-electron chi connectivity index (χ0n) is 9.87. The summed E-state index contributed by atoms with van der Waals surface area (Å²) in [5, 5.41) is 14.2. The maximum atomic E-state index is 10.8. The molecule has 1 aliphatic rings. The van der Waals surface area contributed by atoms with Crippen LogP contribution in [-0.2, 0) is 0 Å². The van der Waals surface area contributed by atoms with Crippen molar-refractivity contribution in [3.8, 4) is 0 Å². The van der Waals surface area contributed by atoms with E-state index in [-0.39, 0.29) is 10.6 Å². The van der Waals surface area contributed by atoms with Crippen LogP contribution in [0, 0.1) is 15.5 Å². The molecule has 0 heterocycles. The first-order valence-corrected chi connectivity index (χ1v) is 6.42. The molecule has 5 heteroatoms. The predicted molar refractivity (Wildman–Crippen MR) is 71.2 cm³/mol. The van der Waals surface area contributed by atoms with Gasteiger partial charge in [0.15, 0.2) is 0 Å². The van der Waals surface area contributed by atoms with Gasteiger partial charge in [-0.2, -0.15) is 0 Å². The summed E-state index contributed by atoms with van der Waals surface area (Å²) in [6.45, 7) is 4.36. The summed E-state index contributed by atoms with van der Waals surface area (Å²) in [4.78, 5) is 10.4. The number of nitro groups is 1. The van der Waals surface area contributed by atoms with Crippen molar-refractivity contribution in [2.24, 2.45) is 5.41 Å². The molecular weight excluding hydrogens is 284 g/mol. The molecule has 1 fully saturated rings. The molecule has 0 saturated heterocycles. The molecule has 0 aromatic heterocycles. The van der Waals surface area contributed by atoms with Crippen LogP contribution < -0.4 is 5.32 Å². The van der Waals surface area contributed by atoms with E-state index >= 15 is 0 Å². The summed E-state index contributed by atoms with van der Waals surface area (Å²) >= 11 is 3.18. The average Bonchev–Trinajstić information content (AvgIpc) is 3.00. The third-order valence-electron chi connectivity index (χ3n) is 3.61. The predicted octanol–water partition coefficient (Wildman–Crippen LogP) is 3.96. The summed E-state index contributed by atoms with van der Waals surface area (Å²) in [7, 11) is 0. The molecular formula is C12H15BrN2O2. The third-order valence-corrected chi connectivity index (χ3v) is 4.28. The number of nitro benzene ring substituents is 1. The fourth-order valence-electron chi connectivity index (χ4n) is 1.80. The van der Waals surface area contributed by atoms with Crippen LogP contribution in [-0.4, -0.2) is 11.0 Å². The molecule has 1 N–H and O–H groups in total. The van der Waals surface area contributed by atoms with Gasteiger partial charge in [0.1, 0.15) is 0 Å². The molecule has 0 bridgehead atoms. The lowest BCUT2D eigenvalue weighted by Crippen LogP contribution is -2.24. The van der Waals surface area contributed by atoms with E-state index in [1.54, 1.807) is 12.1 Å². The number of halogens is 1. The van der Waals surface area contributed by atoms with Gasteiger partial charge in [0, 0.05) is 17.8 Å². The van der Waals surface area contributed by atoms with Crippen LogP contribution in [0.5, 0.6) is 0 Å². The monoisotopic (exact) mass is 298 g/mol. The minimum atomic E-state index is -0.376. The highest BCUT2D eigenvalue weighted by Crippen LogP contribution is 2.49. The standard InChI is InChI=1S/C12H15BrN2O2/c1-8(12(2)5-6-12)14-9-3-4-10(13)11(7-9)15(16)17/h3-4,7-8,14H,5-6H2,1-2H3. The van der Waals surface area contributed by atoms with Crippen molar-refractivity contribution in [1.29, 1.82) is 0 Å². The number of hydrogen-bond donors (Lipinski definition) is 1. The molecule has 1 aliphatic carbocycles. The highest BCUT2D eigenvalue weighted by Gasteiger charge is 2.42. The Balaban J connectivity index is 2.16. The van der Waals surface area contributed by atoms with Crippen LogP contribution in [0.1, 0.15) is 26.7 Å². The highest BCUT2D eigenvalue weighted by molar-refractivity contribution is 9.10. The van der Waals surface area contributed by atoms with Crippen LogP contribution >= 0.6 is 15.9 Å². The van der Waals surface area contributed by atoms with Crippen LogP contribution in [0.3, 0.4) is 0 Å². The lowest BCUT2D eigenvalue weighted by Gasteiger charge is -2.21. The van der Waals surface area contributed by atoms with E-state index in [0.29, 0.717) is 15.9 Å². The molecule has 17 heavy (non-hydrogen) atoms. The van der Waals surface area contributed by atoms with Gasteiger partial charge in [-0.05, 0) is 53.2 Å². The van der Waals surface area contributed by atoms with E-state index in [1.807, 2.05) is 6.07 Å². The Kier molecular flexibility index (Phi) is 3.12. The van der Waals surface area contributed by atoms with Crippen LogP contribution in [0.15, 0.2) is 22.7 Å². The first kappa shape index (κ1) is 12.4. The van der Waals surface area contributed by atoms with Crippen molar-refractivity contribution in [2.75, 3.05) is 5.32 Å². The minimum Gasteiger partial charge on any atom is -0.382 e. The third kappa shape index (κ3) is 2.60. The fourth-order valence-corrected chi connectivity index (χ4v) is 2.19. The van der Waals surface area contributed by atoms with Gasteiger partial charge in [0.05, 0.1) is 9.40 Å². The van der Waals surface area contributed by atoms with Crippen molar-refractivity contribution in [1.82, 2.24) is 0 Å². The number of anilines is 1. The van der Waals surface area contributed by atoms with E-state index in [0.717, 1.165) is 5.69 Å². The van der Waals surface area contributed by atoms with Gasteiger partial charge in [0.25, 0.3) is 5.69 Å². The van der Waals surface area contributed by atoms with Gasteiger partial charge >= 0.3 is 0 Å². The Morgan fingerprint density at radius 1 is 1.53 bits per heavy atom. The van der Waals surface area contributed by atoms with E-state index in [9.17, 15) is 10.1 Å². The molecule has 92 valence electrons. The highest BCUT2D eigenvalue weighted by atomic mass is 79.9. The number of benzene rings is 1. The smallest absolute Gasteiger partial charge is 0.285 e. The summed E-state index contributed by atoms with van der Waals surface area (Å²) in [6.07, 6.45) is 2.44. The van der Waals surface area contributed by atoms with Crippen LogP contribution in [0.25, 0.3) is 0 Å². The normalized spacial score (nSPS) is 18.5. The van der Waals surface area contributed by atoms with E-state index < -0.39 is 0 Å². The topological polar surface area (TPSA) is 55.2 Å². The molecule has 1 saturated carbocycles. The Morgan fingerprint density at radius 2 is 2.18 bits per heavy atom. The van der Waals surface area contributed by atoms with Crippen LogP contribution in [0.4, 0.5) is 11.4 Å². The number of hydrogen-bond acceptors (Lipinski definition) is 3. The number of rotatable bonds is 4. The van der Waals surface area contributed by atoms with Crippen molar-refractivity contribution in [3.63, 3.8) is 0 Å². The molecule has 0 aliphatic heterocycles. The zero-order valence-corrected chi connectivity index (χ0v) is 11.5. The average molecular weight is 299 g/mol. The summed E-state index contributed by atoms with van der Waals surface area (Å²) in [5.74, 6) is 0. The molecule has 0 spiro atoms. The summed E-state index contributed by atoms with van der Waals surface area (Å²) in [6, 6.07) is 5.48. The molecule has 1 atom stereocenters. The maximum absolute atomic E-state index is 10.8. The first-order chi connectivity index (χ1) is 7.92. The minimum absolute atomic E-state index is 0.100. The zero-order chi connectivity index (χ0) is 12.6. The quantitative estimate of drug-likeness (QED) is 0.676. The number of nitrogens with zero attached hydrogens (tertiary/aromatic N) is 1. The van der Waals surface area contributed by atoms with E-state index in [4.69, 9.17) is 0 Å². The lowest BCUT2D eigenvalue weighted by molar-refractivity contribution is -0.385. The van der Waals surface area contributed by atoms with Gasteiger partial charge in [-0.3, -0.25) is 10.1 Å². The van der Waals surface area contributed by atoms with Crippen molar-refractivity contribution >= 4 is 27.3 Å². The van der Waals surface area contributed by atoms with Gasteiger partial charge in [-0.15, -0.1) is 0 Å². The van der Waals surface area contributed by atoms with Gasteiger partial charge in [-0.25, -0.2) is 0 Å². The molecule has 4 nitrogen and oxygen atoms in total. The molecule has 0 amide bonds. The summed E-state index contributed by atoms with van der Waals surface area (Å²) in [5.41, 5.74) is 1.26. The molecule has 2 rings (SSSR count). The van der Waals surface area contributed by atoms with Crippen LogP contribution in [0.2, 0.25) is 0 Å². The molecule has 1 aromatic carbocycles. The van der Waals surface area contributed by atoms with Crippen molar-refractivity contribution < 1.29 is 4.92 Å². The number of nitrogens with one attached hydrogen (secondary N) is 1. The Morgan fingerprint density at radius 3 is 2.71 bits per heavy atom. The van der Waals surface area contributed by atoms with Gasteiger partial charge in [-0.1, -0.05) is 6.92 Å². The molecule has 0 radical (unpaired) electrons. The molecule has 1 unspecified atom stereocenters. The van der Waals surface area contributed by atoms with Gasteiger partial charge in [0.2, 0.25) is 0 Å². The summed E-state index contributed by atoms with van der Waals surface area (Å²) < 4.78 is 0.512. The second kappa shape index (κ2) is 4.29. The lowest BCUT2D eigenvalue weighted by atomic mass is 10.0. The second-order valence-electron chi connectivity index (χ2n) is 4.94. The fraction of sp³-hybridized carbons (Fsp3) is 0.500. The first-order valence-electron chi connectivity index (χ1n) is 5.63. The van der Waals surface area contributed by atoms with Gasteiger partial charge < -0.3 is 5.32 Å². The van der Waals surface area contributed by atoms with Crippen molar-refractivity contribution in [2.45, 2.75) is 32.7 Å². The Hall–Kier alpha value is -1.10. The second-order valence-corrected chi connectivity index (χ2v) is 5.80. The SMILES string of the molecule is CC(Nc1ccc(Br)c([N+](=O)[O-])c1)C1(C)CC1. The van der Waals surface area contributed by atoms with Crippen molar-refractivity contribution in [3.05, 3.63) is 32.8 Å². The Labute approximate surface area is 109 Å². The Bertz CT molecular complexity index is 458. The molecule has 1 aromatic rings. The van der Waals surface area contributed by atoms with E-state index in [2.05, 4.69) is 35.1 Å². The van der Waals surface area contributed by atoms with E-state index in [1.165, 1.54) is 12.8 Å². The maximum Gasteiger partial charge on any atom is 0.285 e. The largest absolute Gasteiger partial charge is 0.382 e.